The van der Waals surface area contributed by atoms with Crippen LogP contribution in [0.3, 0.4) is 0 Å². The monoisotopic (exact) mass is 443 g/mol. The first kappa shape index (κ1) is 20.5. The number of nitrogens with zero attached hydrogens (tertiary/aromatic N) is 3. The summed E-state index contributed by atoms with van der Waals surface area (Å²) >= 11 is 0. The minimum absolute atomic E-state index is 0.0299. The van der Waals surface area contributed by atoms with E-state index in [9.17, 15) is 14.7 Å². The standard InChI is InChI=1S/C22H22FN3O6/c23-19-9-14(25-10-17(32-22(25)29)12-30-20-5-6-31-24-20)3-4-18(19)13-7-15-1-2-16(8-13)26(15)21(28)11-27/h3-7,9,15-17,27H,1-2,8,10-12H2/t15?,16?,17-/m1/s1. The van der Waals surface area contributed by atoms with E-state index in [1.165, 1.54) is 17.2 Å². The molecule has 1 N–H and O–H groups in total. The Labute approximate surface area is 183 Å². The highest BCUT2D eigenvalue weighted by Crippen LogP contribution is 2.39. The number of cyclic esters (lactones) is 1. The average Bonchev–Trinajstić information content (AvgIpc) is 3.50. The molecule has 32 heavy (non-hydrogen) atoms. The Hall–Kier alpha value is -3.40. The van der Waals surface area contributed by atoms with Gasteiger partial charge in [-0.15, -0.1) is 0 Å². The first-order valence-electron chi connectivity index (χ1n) is 10.5. The van der Waals surface area contributed by atoms with Gasteiger partial charge in [0, 0.05) is 17.7 Å². The lowest BCUT2D eigenvalue weighted by Crippen LogP contribution is -2.44. The van der Waals surface area contributed by atoms with Crippen molar-refractivity contribution in [1.29, 1.82) is 0 Å². The number of fused-ring (bicyclic) bond motifs is 2. The lowest BCUT2D eigenvalue weighted by atomic mass is 9.94. The number of aliphatic hydroxyl groups excluding tert-OH is 1. The van der Waals surface area contributed by atoms with Gasteiger partial charge in [-0.2, -0.15) is 0 Å². The molecule has 2 saturated heterocycles. The molecule has 2 amide bonds. The number of halogens is 1. The summed E-state index contributed by atoms with van der Waals surface area (Å²) in [6.07, 6.45) is 4.36. The van der Waals surface area contributed by atoms with Gasteiger partial charge < -0.3 is 24.0 Å². The maximum atomic E-state index is 15.1. The third-order valence-electron chi connectivity index (χ3n) is 6.13. The maximum absolute atomic E-state index is 15.1. The number of hydrogen-bond acceptors (Lipinski definition) is 7. The van der Waals surface area contributed by atoms with Crippen LogP contribution in [-0.4, -0.2) is 65.1 Å². The summed E-state index contributed by atoms with van der Waals surface area (Å²) in [5, 5.41) is 12.8. The van der Waals surface area contributed by atoms with Crippen molar-refractivity contribution < 1.29 is 33.1 Å². The summed E-state index contributed by atoms with van der Waals surface area (Å²) in [5.74, 6) is -0.438. The number of anilines is 1. The second kappa shape index (κ2) is 8.27. The van der Waals surface area contributed by atoms with Crippen molar-refractivity contribution in [3.8, 4) is 5.88 Å². The van der Waals surface area contributed by atoms with Gasteiger partial charge in [-0.3, -0.25) is 9.69 Å². The Bertz CT molecular complexity index is 1060. The predicted octanol–water partition coefficient (Wildman–Crippen LogP) is 2.36. The maximum Gasteiger partial charge on any atom is 0.414 e. The molecular formula is C22H22FN3O6. The zero-order valence-corrected chi connectivity index (χ0v) is 17.1. The fourth-order valence-electron chi connectivity index (χ4n) is 4.71. The number of rotatable bonds is 6. The van der Waals surface area contributed by atoms with Crippen LogP contribution >= 0.6 is 0 Å². The number of aliphatic hydroxyl groups is 1. The van der Waals surface area contributed by atoms with Crippen LogP contribution in [0.2, 0.25) is 0 Å². The van der Waals surface area contributed by atoms with E-state index >= 15 is 4.39 Å². The largest absolute Gasteiger partial charge is 0.471 e. The topological polar surface area (TPSA) is 105 Å². The van der Waals surface area contributed by atoms with Crippen molar-refractivity contribution in [3.05, 3.63) is 48.0 Å². The number of benzene rings is 1. The fraction of sp³-hybridized carbons (Fsp3) is 0.409. The summed E-state index contributed by atoms with van der Waals surface area (Å²) in [6, 6.07) is 6.07. The fourth-order valence-corrected chi connectivity index (χ4v) is 4.71. The summed E-state index contributed by atoms with van der Waals surface area (Å²) in [5.41, 5.74) is 1.70. The van der Waals surface area contributed by atoms with Gasteiger partial charge in [0.05, 0.1) is 18.3 Å². The Morgan fingerprint density at radius 2 is 2.19 bits per heavy atom. The SMILES string of the molecule is O=C1O[C@@H](COc2ccon2)CN1c1ccc(C2=CC3CCC(C2)N3C(=O)CO)c(F)c1. The molecular weight excluding hydrogens is 421 g/mol. The second-order valence-electron chi connectivity index (χ2n) is 8.08. The zero-order chi connectivity index (χ0) is 22.2. The van der Waals surface area contributed by atoms with Gasteiger partial charge >= 0.3 is 6.09 Å². The normalized spacial score (nSPS) is 24.5. The van der Waals surface area contributed by atoms with E-state index in [2.05, 4.69) is 9.68 Å². The lowest BCUT2D eigenvalue weighted by Gasteiger charge is -2.34. The van der Waals surface area contributed by atoms with E-state index in [0.29, 0.717) is 23.6 Å². The van der Waals surface area contributed by atoms with Gasteiger partial charge in [0.1, 0.15) is 25.3 Å². The molecule has 10 heteroatoms. The predicted molar refractivity (Wildman–Crippen MR) is 109 cm³/mol. The third kappa shape index (κ3) is 3.70. The highest BCUT2D eigenvalue weighted by molar-refractivity contribution is 5.90. The molecule has 2 unspecified atom stereocenters. The number of amides is 2. The molecule has 5 rings (SSSR count). The van der Waals surface area contributed by atoms with E-state index in [-0.39, 0.29) is 31.1 Å². The molecule has 0 radical (unpaired) electrons. The van der Waals surface area contributed by atoms with Crippen molar-refractivity contribution in [2.45, 2.75) is 37.5 Å². The smallest absolute Gasteiger partial charge is 0.414 e. The number of aromatic nitrogens is 1. The minimum Gasteiger partial charge on any atom is -0.471 e. The average molecular weight is 443 g/mol. The van der Waals surface area contributed by atoms with E-state index in [4.69, 9.17) is 9.47 Å². The first-order valence-corrected chi connectivity index (χ1v) is 10.5. The molecule has 4 heterocycles. The Morgan fingerprint density at radius 1 is 1.31 bits per heavy atom. The molecule has 2 aromatic rings. The van der Waals surface area contributed by atoms with Gasteiger partial charge in [-0.05, 0) is 48.2 Å². The number of carbonyl (C=O) groups excluding carboxylic acids is 2. The van der Waals surface area contributed by atoms with Crippen LogP contribution in [0.15, 0.2) is 41.1 Å². The number of ether oxygens (including phenoxy) is 2. The van der Waals surface area contributed by atoms with Crippen molar-refractivity contribution >= 4 is 23.3 Å². The van der Waals surface area contributed by atoms with Crippen molar-refractivity contribution in [3.63, 3.8) is 0 Å². The summed E-state index contributed by atoms with van der Waals surface area (Å²) in [6.45, 7) is -0.190. The van der Waals surface area contributed by atoms with Crippen LogP contribution in [0.1, 0.15) is 24.8 Å². The van der Waals surface area contributed by atoms with Crippen LogP contribution in [0.5, 0.6) is 5.88 Å². The van der Waals surface area contributed by atoms with Gasteiger partial charge in [0.25, 0.3) is 5.88 Å². The Balaban J connectivity index is 1.29. The first-order chi connectivity index (χ1) is 15.5. The number of carbonyl (C=O) groups is 2. The quantitative estimate of drug-likeness (QED) is 0.731. The third-order valence-corrected chi connectivity index (χ3v) is 6.13. The molecule has 168 valence electrons. The van der Waals surface area contributed by atoms with Crippen LogP contribution in [-0.2, 0) is 9.53 Å². The Kier molecular flexibility index (Phi) is 5.30. The second-order valence-corrected chi connectivity index (χ2v) is 8.08. The van der Waals surface area contributed by atoms with Gasteiger partial charge in [0.2, 0.25) is 5.91 Å². The molecule has 0 spiro atoms. The molecule has 2 bridgehead atoms. The molecule has 9 nitrogen and oxygen atoms in total. The summed E-state index contributed by atoms with van der Waals surface area (Å²) in [4.78, 5) is 27.4. The molecule has 3 aliphatic rings. The number of hydrogen-bond donors (Lipinski definition) is 1. The van der Waals surface area contributed by atoms with Crippen LogP contribution in [0, 0.1) is 5.82 Å². The molecule has 1 aromatic carbocycles. The molecule has 0 saturated carbocycles. The van der Waals surface area contributed by atoms with Crippen molar-refractivity contribution in [2.24, 2.45) is 0 Å². The van der Waals surface area contributed by atoms with Gasteiger partial charge in [-0.1, -0.05) is 6.08 Å². The molecule has 1 aromatic heterocycles. The summed E-state index contributed by atoms with van der Waals surface area (Å²) in [7, 11) is 0. The Morgan fingerprint density at radius 3 is 2.91 bits per heavy atom. The molecule has 2 fully saturated rings. The lowest BCUT2D eigenvalue weighted by molar-refractivity contribution is -0.136. The van der Waals surface area contributed by atoms with Crippen LogP contribution in [0.25, 0.3) is 5.57 Å². The minimum atomic E-state index is -0.570. The van der Waals surface area contributed by atoms with Crippen molar-refractivity contribution in [2.75, 3.05) is 24.7 Å². The van der Waals surface area contributed by atoms with E-state index in [1.54, 1.807) is 23.1 Å². The summed E-state index contributed by atoms with van der Waals surface area (Å²) < 4.78 is 30.5. The van der Waals surface area contributed by atoms with E-state index < -0.39 is 24.6 Å². The van der Waals surface area contributed by atoms with Gasteiger partial charge in [0.15, 0.2) is 6.10 Å². The van der Waals surface area contributed by atoms with Crippen LogP contribution < -0.4 is 9.64 Å². The highest BCUT2D eigenvalue weighted by atomic mass is 19.1. The zero-order valence-electron chi connectivity index (χ0n) is 17.1. The highest BCUT2D eigenvalue weighted by Gasteiger charge is 2.40. The van der Waals surface area contributed by atoms with Crippen LogP contribution in [0.4, 0.5) is 14.9 Å². The molecule has 3 aliphatic heterocycles. The van der Waals surface area contributed by atoms with Gasteiger partial charge in [-0.25, -0.2) is 9.18 Å². The van der Waals surface area contributed by atoms with E-state index in [1.807, 2.05) is 6.08 Å². The molecule has 0 aliphatic carbocycles. The van der Waals surface area contributed by atoms with Crippen molar-refractivity contribution in [1.82, 2.24) is 10.1 Å². The molecule has 3 atom stereocenters. The van der Waals surface area contributed by atoms with E-state index in [0.717, 1.165) is 18.4 Å².